The molecular formula is C14H21ClN2O. The lowest BCUT2D eigenvalue weighted by Gasteiger charge is -2.27. The molecule has 0 spiro atoms. The van der Waals surface area contributed by atoms with Crippen LogP contribution in [-0.4, -0.2) is 22.9 Å². The average molecular weight is 269 g/mol. The van der Waals surface area contributed by atoms with E-state index < -0.39 is 0 Å². The Bertz CT molecular complexity index is 405. The summed E-state index contributed by atoms with van der Waals surface area (Å²) in [6.45, 7) is 6.42. The standard InChI is InChI=1S/C14H21ClN2O/c1-10(2)17(14(18)7-11(3)16)9-12-5-4-6-13(15)8-12/h4-6,8,10-11H,7,9,16H2,1-3H3. The predicted octanol–water partition coefficient (Wildman–Crippen LogP) is 2.81. The maximum absolute atomic E-state index is 12.1. The molecule has 0 saturated heterocycles. The van der Waals surface area contributed by atoms with Crippen LogP contribution in [-0.2, 0) is 11.3 Å². The van der Waals surface area contributed by atoms with Crippen molar-refractivity contribution in [2.75, 3.05) is 0 Å². The van der Waals surface area contributed by atoms with Gasteiger partial charge in [-0.2, -0.15) is 0 Å². The van der Waals surface area contributed by atoms with Crippen LogP contribution in [0, 0.1) is 0 Å². The molecule has 0 aliphatic heterocycles. The maximum Gasteiger partial charge on any atom is 0.224 e. The van der Waals surface area contributed by atoms with E-state index in [9.17, 15) is 4.79 Å². The molecule has 0 saturated carbocycles. The lowest BCUT2D eigenvalue weighted by molar-refractivity contribution is -0.133. The molecule has 0 aliphatic rings. The zero-order chi connectivity index (χ0) is 13.7. The highest BCUT2D eigenvalue weighted by Gasteiger charge is 2.18. The molecule has 4 heteroatoms. The molecule has 0 aliphatic carbocycles. The molecule has 1 amide bonds. The van der Waals surface area contributed by atoms with Crippen molar-refractivity contribution in [3.8, 4) is 0 Å². The normalized spacial score (nSPS) is 12.6. The van der Waals surface area contributed by atoms with E-state index in [1.165, 1.54) is 0 Å². The summed E-state index contributed by atoms with van der Waals surface area (Å²) < 4.78 is 0. The molecule has 1 aromatic carbocycles. The molecule has 1 unspecified atom stereocenters. The third-order valence-electron chi connectivity index (χ3n) is 2.68. The largest absolute Gasteiger partial charge is 0.336 e. The summed E-state index contributed by atoms with van der Waals surface area (Å²) in [6.07, 6.45) is 0.374. The molecule has 1 rings (SSSR count). The van der Waals surface area contributed by atoms with E-state index in [1.807, 2.05) is 49.9 Å². The molecule has 18 heavy (non-hydrogen) atoms. The van der Waals surface area contributed by atoms with Gasteiger partial charge in [-0.15, -0.1) is 0 Å². The van der Waals surface area contributed by atoms with Crippen LogP contribution < -0.4 is 5.73 Å². The lowest BCUT2D eigenvalue weighted by atomic mass is 10.1. The minimum absolute atomic E-state index is 0.0833. The van der Waals surface area contributed by atoms with Crippen LogP contribution in [0.4, 0.5) is 0 Å². The van der Waals surface area contributed by atoms with Gasteiger partial charge in [0.1, 0.15) is 0 Å². The first-order valence-electron chi connectivity index (χ1n) is 6.19. The fraction of sp³-hybridized carbons (Fsp3) is 0.500. The number of halogens is 1. The molecule has 0 heterocycles. The van der Waals surface area contributed by atoms with E-state index in [4.69, 9.17) is 17.3 Å². The highest BCUT2D eigenvalue weighted by molar-refractivity contribution is 6.30. The Balaban J connectivity index is 2.77. The van der Waals surface area contributed by atoms with Gasteiger partial charge in [-0.25, -0.2) is 0 Å². The van der Waals surface area contributed by atoms with Crippen molar-refractivity contribution in [1.29, 1.82) is 0 Å². The SMILES string of the molecule is CC(N)CC(=O)N(Cc1cccc(Cl)c1)C(C)C. The third kappa shape index (κ3) is 4.67. The quantitative estimate of drug-likeness (QED) is 0.893. The Morgan fingerprint density at radius 1 is 1.39 bits per heavy atom. The first-order chi connectivity index (χ1) is 8.40. The molecule has 100 valence electrons. The summed E-state index contributed by atoms with van der Waals surface area (Å²) in [6, 6.07) is 7.62. The van der Waals surface area contributed by atoms with Gasteiger partial charge in [0.15, 0.2) is 0 Å². The molecular weight excluding hydrogens is 248 g/mol. The summed E-state index contributed by atoms with van der Waals surface area (Å²) in [5.74, 6) is 0.0833. The average Bonchev–Trinajstić information content (AvgIpc) is 2.24. The van der Waals surface area contributed by atoms with Gasteiger partial charge in [0.2, 0.25) is 5.91 Å². The number of hydrogen-bond acceptors (Lipinski definition) is 2. The van der Waals surface area contributed by atoms with Gasteiger partial charge < -0.3 is 10.6 Å². The number of nitrogens with zero attached hydrogens (tertiary/aromatic N) is 1. The van der Waals surface area contributed by atoms with Crippen molar-refractivity contribution >= 4 is 17.5 Å². The van der Waals surface area contributed by atoms with Gasteiger partial charge in [-0.05, 0) is 38.5 Å². The zero-order valence-corrected chi connectivity index (χ0v) is 11.9. The molecule has 1 atom stereocenters. The lowest BCUT2D eigenvalue weighted by Crippen LogP contribution is -2.39. The summed E-state index contributed by atoms with van der Waals surface area (Å²) in [7, 11) is 0. The minimum Gasteiger partial charge on any atom is -0.336 e. The highest BCUT2D eigenvalue weighted by atomic mass is 35.5. The van der Waals surface area contributed by atoms with Gasteiger partial charge >= 0.3 is 0 Å². The van der Waals surface area contributed by atoms with E-state index in [-0.39, 0.29) is 18.0 Å². The molecule has 3 nitrogen and oxygen atoms in total. The number of hydrogen-bond donors (Lipinski definition) is 1. The van der Waals surface area contributed by atoms with Crippen molar-refractivity contribution < 1.29 is 4.79 Å². The highest BCUT2D eigenvalue weighted by Crippen LogP contribution is 2.15. The Morgan fingerprint density at radius 2 is 2.06 bits per heavy atom. The van der Waals surface area contributed by atoms with Gasteiger partial charge in [0.25, 0.3) is 0 Å². The second-order valence-corrected chi connectivity index (χ2v) is 5.36. The van der Waals surface area contributed by atoms with E-state index in [1.54, 1.807) is 0 Å². The Labute approximate surface area is 114 Å². The van der Waals surface area contributed by atoms with Crippen LogP contribution >= 0.6 is 11.6 Å². The van der Waals surface area contributed by atoms with Crippen LogP contribution in [0.2, 0.25) is 5.02 Å². The summed E-state index contributed by atoms with van der Waals surface area (Å²) in [4.78, 5) is 13.9. The number of benzene rings is 1. The third-order valence-corrected chi connectivity index (χ3v) is 2.92. The monoisotopic (exact) mass is 268 g/mol. The van der Waals surface area contributed by atoms with E-state index >= 15 is 0 Å². The van der Waals surface area contributed by atoms with Crippen molar-refractivity contribution in [2.45, 2.75) is 45.8 Å². The van der Waals surface area contributed by atoms with E-state index in [0.29, 0.717) is 18.0 Å². The summed E-state index contributed by atoms with van der Waals surface area (Å²) in [5.41, 5.74) is 6.72. The number of carbonyl (C=O) groups excluding carboxylic acids is 1. The fourth-order valence-corrected chi connectivity index (χ4v) is 2.00. The second-order valence-electron chi connectivity index (χ2n) is 4.93. The van der Waals surface area contributed by atoms with Crippen LogP contribution in [0.15, 0.2) is 24.3 Å². The predicted molar refractivity (Wildman–Crippen MR) is 75.4 cm³/mol. The van der Waals surface area contributed by atoms with E-state index in [2.05, 4.69) is 0 Å². The summed E-state index contributed by atoms with van der Waals surface area (Å²) >= 11 is 5.95. The van der Waals surface area contributed by atoms with Crippen LogP contribution in [0.1, 0.15) is 32.8 Å². The van der Waals surface area contributed by atoms with Gasteiger partial charge in [0.05, 0.1) is 0 Å². The van der Waals surface area contributed by atoms with Crippen molar-refractivity contribution in [3.05, 3.63) is 34.9 Å². The maximum atomic E-state index is 12.1. The Hall–Kier alpha value is -1.06. The summed E-state index contributed by atoms with van der Waals surface area (Å²) in [5, 5.41) is 0.691. The van der Waals surface area contributed by atoms with Gasteiger partial charge in [0, 0.05) is 30.1 Å². The van der Waals surface area contributed by atoms with Crippen LogP contribution in [0.25, 0.3) is 0 Å². The second kappa shape index (κ2) is 6.76. The topological polar surface area (TPSA) is 46.3 Å². The number of carbonyl (C=O) groups is 1. The first kappa shape index (κ1) is 15.0. The number of nitrogens with two attached hydrogens (primary N) is 1. The van der Waals surface area contributed by atoms with E-state index in [0.717, 1.165) is 5.56 Å². The molecule has 0 aromatic heterocycles. The molecule has 0 radical (unpaired) electrons. The van der Waals surface area contributed by atoms with Gasteiger partial charge in [-0.3, -0.25) is 4.79 Å². The molecule has 2 N–H and O–H groups in total. The number of amides is 1. The molecule has 0 fully saturated rings. The van der Waals surface area contributed by atoms with Crippen LogP contribution in [0.5, 0.6) is 0 Å². The van der Waals surface area contributed by atoms with Crippen molar-refractivity contribution in [1.82, 2.24) is 4.90 Å². The molecule has 0 bridgehead atoms. The fourth-order valence-electron chi connectivity index (χ4n) is 1.78. The van der Waals surface area contributed by atoms with Crippen molar-refractivity contribution in [2.24, 2.45) is 5.73 Å². The number of rotatable bonds is 5. The Morgan fingerprint density at radius 3 is 2.56 bits per heavy atom. The smallest absolute Gasteiger partial charge is 0.224 e. The van der Waals surface area contributed by atoms with Crippen LogP contribution in [0.3, 0.4) is 0 Å². The van der Waals surface area contributed by atoms with Crippen molar-refractivity contribution in [3.63, 3.8) is 0 Å². The minimum atomic E-state index is -0.113. The molecule has 1 aromatic rings. The zero-order valence-electron chi connectivity index (χ0n) is 11.2. The Kier molecular flexibility index (Phi) is 5.63. The first-order valence-corrected chi connectivity index (χ1v) is 6.57. The van der Waals surface area contributed by atoms with Gasteiger partial charge in [-0.1, -0.05) is 23.7 Å².